The largest absolute Gasteiger partial charge is 0.504 e. The van der Waals surface area contributed by atoms with Crippen molar-refractivity contribution in [1.29, 1.82) is 0 Å². The van der Waals surface area contributed by atoms with E-state index in [9.17, 15) is 9.90 Å². The van der Waals surface area contributed by atoms with Crippen LogP contribution in [0, 0.1) is 0 Å². The molecule has 1 aromatic carbocycles. The number of benzene rings is 1. The standard InChI is InChI=1S/C12H14O4/c1-15-9-6-7-4-3-5-8(13)10(7)11(14)12(9)16-2/h6,14H,3-5H2,1-2H3. The van der Waals surface area contributed by atoms with Crippen LogP contribution in [0.15, 0.2) is 6.07 Å². The first-order valence-corrected chi connectivity index (χ1v) is 5.19. The molecule has 0 aromatic heterocycles. The van der Waals surface area contributed by atoms with Crippen molar-refractivity contribution < 1.29 is 19.4 Å². The predicted octanol–water partition coefficient (Wildman–Crippen LogP) is 1.93. The van der Waals surface area contributed by atoms with Gasteiger partial charge in [0, 0.05) is 6.42 Å². The molecule has 0 fully saturated rings. The number of fused-ring (bicyclic) bond motifs is 1. The molecule has 1 N–H and O–H groups in total. The second-order valence-electron chi connectivity index (χ2n) is 3.77. The highest BCUT2D eigenvalue weighted by atomic mass is 16.5. The molecule has 86 valence electrons. The molecule has 0 heterocycles. The summed E-state index contributed by atoms with van der Waals surface area (Å²) in [6, 6.07) is 1.77. The van der Waals surface area contributed by atoms with Crippen LogP contribution in [0.25, 0.3) is 0 Å². The smallest absolute Gasteiger partial charge is 0.203 e. The lowest BCUT2D eigenvalue weighted by atomic mass is 9.89. The molecule has 0 atom stereocenters. The number of phenolic OH excluding ortho intramolecular Hbond substituents is 1. The maximum absolute atomic E-state index is 11.7. The molecular weight excluding hydrogens is 208 g/mol. The van der Waals surface area contributed by atoms with Crippen molar-refractivity contribution in [3.05, 3.63) is 17.2 Å². The van der Waals surface area contributed by atoms with Crippen LogP contribution in [0.2, 0.25) is 0 Å². The van der Waals surface area contributed by atoms with E-state index in [0.29, 0.717) is 17.7 Å². The SMILES string of the molecule is COc1cc2c(c(O)c1OC)C(=O)CCC2. The number of Topliss-reactive ketones (excluding diaryl/α,β-unsaturated/α-hetero) is 1. The topological polar surface area (TPSA) is 55.8 Å². The number of ether oxygens (including phenoxy) is 2. The van der Waals surface area contributed by atoms with E-state index in [1.54, 1.807) is 6.07 Å². The zero-order chi connectivity index (χ0) is 11.7. The van der Waals surface area contributed by atoms with E-state index in [2.05, 4.69) is 0 Å². The number of aromatic hydroxyl groups is 1. The minimum atomic E-state index is -0.0958. The highest BCUT2D eigenvalue weighted by Gasteiger charge is 2.26. The Balaban J connectivity index is 2.66. The van der Waals surface area contributed by atoms with E-state index in [4.69, 9.17) is 9.47 Å². The lowest BCUT2D eigenvalue weighted by Crippen LogP contribution is -2.12. The summed E-state index contributed by atoms with van der Waals surface area (Å²) in [6.07, 6.45) is 2.09. The highest BCUT2D eigenvalue weighted by Crippen LogP contribution is 2.43. The maximum atomic E-state index is 11.7. The summed E-state index contributed by atoms with van der Waals surface area (Å²) in [5.41, 5.74) is 1.23. The Labute approximate surface area is 93.8 Å². The molecule has 0 bridgehead atoms. The molecule has 1 aliphatic rings. The molecule has 0 saturated heterocycles. The Kier molecular flexibility index (Phi) is 2.73. The zero-order valence-electron chi connectivity index (χ0n) is 9.37. The molecule has 4 heteroatoms. The van der Waals surface area contributed by atoms with Crippen LogP contribution in [-0.2, 0) is 6.42 Å². The Bertz CT molecular complexity index is 437. The summed E-state index contributed by atoms with van der Waals surface area (Å²) in [7, 11) is 2.95. The second kappa shape index (κ2) is 4.04. The summed E-state index contributed by atoms with van der Waals surface area (Å²) in [6.45, 7) is 0. The second-order valence-corrected chi connectivity index (χ2v) is 3.77. The van der Waals surface area contributed by atoms with Crippen LogP contribution >= 0.6 is 0 Å². The number of carbonyl (C=O) groups is 1. The number of phenols is 1. The molecule has 0 saturated carbocycles. The van der Waals surface area contributed by atoms with Gasteiger partial charge in [-0.2, -0.15) is 0 Å². The first kappa shape index (κ1) is 10.8. The van der Waals surface area contributed by atoms with Crippen molar-refractivity contribution in [2.24, 2.45) is 0 Å². The molecule has 1 aliphatic carbocycles. The van der Waals surface area contributed by atoms with Gasteiger partial charge in [-0.15, -0.1) is 0 Å². The maximum Gasteiger partial charge on any atom is 0.203 e. The van der Waals surface area contributed by atoms with Gasteiger partial charge in [0.05, 0.1) is 19.8 Å². The molecular formula is C12H14O4. The van der Waals surface area contributed by atoms with Crippen molar-refractivity contribution in [1.82, 2.24) is 0 Å². The summed E-state index contributed by atoms with van der Waals surface area (Å²) in [4.78, 5) is 11.7. The summed E-state index contributed by atoms with van der Waals surface area (Å²) < 4.78 is 10.2. The fourth-order valence-corrected chi connectivity index (χ4v) is 2.10. The molecule has 4 nitrogen and oxygen atoms in total. The van der Waals surface area contributed by atoms with E-state index in [1.165, 1.54) is 14.2 Å². The van der Waals surface area contributed by atoms with Gasteiger partial charge in [0.2, 0.25) is 5.75 Å². The molecule has 16 heavy (non-hydrogen) atoms. The molecule has 0 aliphatic heterocycles. The first-order chi connectivity index (χ1) is 7.69. The average Bonchev–Trinajstić information content (AvgIpc) is 2.28. The lowest BCUT2D eigenvalue weighted by molar-refractivity contribution is 0.0968. The highest BCUT2D eigenvalue weighted by molar-refractivity contribution is 6.02. The third-order valence-electron chi connectivity index (χ3n) is 2.85. The fraction of sp³-hybridized carbons (Fsp3) is 0.417. The van der Waals surface area contributed by atoms with Crippen LogP contribution in [-0.4, -0.2) is 25.1 Å². The number of hydrogen-bond donors (Lipinski definition) is 1. The fourth-order valence-electron chi connectivity index (χ4n) is 2.10. The first-order valence-electron chi connectivity index (χ1n) is 5.19. The Hall–Kier alpha value is -1.71. The van der Waals surface area contributed by atoms with Gasteiger partial charge in [-0.3, -0.25) is 4.79 Å². The van der Waals surface area contributed by atoms with E-state index < -0.39 is 0 Å². The lowest BCUT2D eigenvalue weighted by Gasteiger charge is -2.19. The Morgan fingerprint density at radius 2 is 2.00 bits per heavy atom. The zero-order valence-corrected chi connectivity index (χ0v) is 9.37. The number of ketones is 1. The van der Waals surface area contributed by atoms with Gasteiger partial charge >= 0.3 is 0 Å². The van der Waals surface area contributed by atoms with Crippen molar-refractivity contribution in [3.63, 3.8) is 0 Å². The van der Waals surface area contributed by atoms with Crippen molar-refractivity contribution in [3.8, 4) is 17.2 Å². The summed E-state index contributed by atoms with van der Waals surface area (Å²) >= 11 is 0. The molecule has 2 rings (SSSR count). The average molecular weight is 222 g/mol. The van der Waals surface area contributed by atoms with E-state index in [0.717, 1.165) is 18.4 Å². The molecule has 0 spiro atoms. The van der Waals surface area contributed by atoms with Crippen molar-refractivity contribution in [2.75, 3.05) is 14.2 Å². The number of methoxy groups -OCH3 is 2. The summed E-state index contributed by atoms with van der Waals surface area (Å²) in [5, 5.41) is 9.99. The van der Waals surface area contributed by atoms with Crippen LogP contribution < -0.4 is 9.47 Å². The molecule has 1 aromatic rings. The third-order valence-corrected chi connectivity index (χ3v) is 2.85. The number of rotatable bonds is 2. The number of carbonyl (C=O) groups excluding carboxylic acids is 1. The van der Waals surface area contributed by atoms with Gasteiger partial charge in [-0.1, -0.05) is 0 Å². The van der Waals surface area contributed by atoms with E-state index in [1.807, 2.05) is 0 Å². The van der Waals surface area contributed by atoms with Gasteiger partial charge in [0.25, 0.3) is 0 Å². The van der Waals surface area contributed by atoms with Gasteiger partial charge in [-0.05, 0) is 24.5 Å². The van der Waals surface area contributed by atoms with Gasteiger partial charge in [-0.25, -0.2) is 0 Å². The number of hydrogen-bond acceptors (Lipinski definition) is 4. The Morgan fingerprint density at radius 3 is 2.62 bits per heavy atom. The monoisotopic (exact) mass is 222 g/mol. The summed E-state index contributed by atoms with van der Waals surface area (Å²) in [5.74, 6) is 0.575. The van der Waals surface area contributed by atoms with Gasteiger partial charge in [0.1, 0.15) is 0 Å². The van der Waals surface area contributed by atoms with Crippen molar-refractivity contribution in [2.45, 2.75) is 19.3 Å². The van der Waals surface area contributed by atoms with E-state index >= 15 is 0 Å². The normalized spacial score (nSPS) is 14.5. The molecule has 0 radical (unpaired) electrons. The van der Waals surface area contributed by atoms with Crippen LogP contribution in [0.1, 0.15) is 28.8 Å². The number of aryl methyl sites for hydroxylation is 1. The quantitative estimate of drug-likeness (QED) is 0.830. The van der Waals surface area contributed by atoms with Crippen molar-refractivity contribution >= 4 is 5.78 Å². The minimum Gasteiger partial charge on any atom is -0.504 e. The van der Waals surface area contributed by atoms with E-state index in [-0.39, 0.29) is 17.3 Å². The van der Waals surface area contributed by atoms with Crippen LogP contribution in [0.5, 0.6) is 17.2 Å². The van der Waals surface area contributed by atoms with Crippen LogP contribution in [0.3, 0.4) is 0 Å². The molecule has 0 unspecified atom stereocenters. The van der Waals surface area contributed by atoms with Gasteiger partial charge in [0.15, 0.2) is 17.3 Å². The third kappa shape index (κ3) is 1.50. The predicted molar refractivity (Wildman–Crippen MR) is 58.5 cm³/mol. The molecule has 0 amide bonds. The van der Waals surface area contributed by atoms with Crippen LogP contribution in [0.4, 0.5) is 0 Å². The minimum absolute atomic E-state index is 0.0281. The Morgan fingerprint density at radius 1 is 1.25 bits per heavy atom. The van der Waals surface area contributed by atoms with Gasteiger partial charge < -0.3 is 14.6 Å².